The second-order valence-electron chi connectivity index (χ2n) is 3.64. The second kappa shape index (κ2) is 5.38. The fraction of sp³-hybridized carbons (Fsp3) is 0.182. The summed E-state index contributed by atoms with van der Waals surface area (Å²) in [6.45, 7) is 1.98. The lowest BCUT2D eigenvalue weighted by Crippen LogP contribution is -2.23. The van der Waals surface area contributed by atoms with Crippen molar-refractivity contribution in [2.75, 3.05) is 0 Å². The Bertz CT molecular complexity index is 657. The fourth-order valence-electron chi connectivity index (χ4n) is 1.39. The Balaban J connectivity index is 2.44. The van der Waals surface area contributed by atoms with Gasteiger partial charge in [0, 0.05) is 0 Å². The maximum absolute atomic E-state index is 12.0. The quantitative estimate of drug-likeness (QED) is 0.783. The molecule has 0 aliphatic heterocycles. The largest absolute Gasteiger partial charge is 0.292 e. The summed E-state index contributed by atoms with van der Waals surface area (Å²) in [5.41, 5.74) is 0.991. The molecule has 0 aromatic carbocycles. The average Bonchev–Trinajstić information content (AvgIpc) is 2.34. The smallest absolute Gasteiger partial charge is 0.268 e. The van der Waals surface area contributed by atoms with Crippen LogP contribution >= 0.6 is 39.1 Å². The zero-order chi connectivity index (χ0) is 13.3. The van der Waals surface area contributed by atoms with Crippen LogP contribution in [0, 0.1) is 6.92 Å². The first-order valence-electron chi connectivity index (χ1n) is 5.01. The van der Waals surface area contributed by atoms with Gasteiger partial charge < -0.3 is 0 Å². The van der Waals surface area contributed by atoms with E-state index in [1.165, 1.54) is 10.9 Å². The van der Waals surface area contributed by atoms with Crippen molar-refractivity contribution < 1.29 is 0 Å². The molecule has 18 heavy (non-hydrogen) atoms. The van der Waals surface area contributed by atoms with E-state index in [2.05, 4.69) is 25.9 Å². The zero-order valence-electron chi connectivity index (χ0n) is 9.32. The monoisotopic (exact) mass is 347 g/mol. The molecule has 0 spiro atoms. The third kappa shape index (κ3) is 2.74. The van der Waals surface area contributed by atoms with Crippen molar-refractivity contribution in [3.63, 3.8) is 0 Å². The minimum atomic E-state index is -0.180. The van der Waals surface area contributed by atoms with Gasteiger partial charge in [0.1, 0.15) is 9.63 Å². The molecule has 7 heteroatoms. The van der Waals surface area contributed by atoms with E-state index in [9.17, 15) is 4.79 Å². The van der Waals surface area contributed by atoms with Crippen molar-refractivity contribution in [1.29, 1.82) is 0 Å². The first-order valence-corrected chi connectivity index (χ1v) is 6.56. The number of pyridine rings is 1. The summed E-state index contributed by atoms with van der Waals surface area (Å²) in [6, 6.07) is 3.24. The molecule has 0 N–H and O–H groups in total. The van der Waals surface area contributed by atoms with E-state index in [1.807, 2.05) is 0 Å². The molecule has 0 bridgehead atoms. The van der Waals surface area contributed by atoms with Gasteiger partial charge in [-0.05, 0) is 35.0 Å². The van der Waals surface area contributed by atoms with Crippen molar-refractivity contribution in [2.24, 2.45) is 0 Å². The molecule has 2 heterocycles. The molecule has 0 radical (unpaired) electrons. The molecule has 4 nitrogen and oxygen atoms in total. The molecule has 0 unspecified atom stereocenters. The summed E-state index contributed by atoms with van der Waals surface area (Å²) in [5.74, 6) is 0. The van der Waals surface area contributed by atoms with Crippen LogP contribution in [-0.2, 0) is 6.54 Å². The fourth-order valence-corrected chi connectivity index (χ4v) is 2.05. The molecule has 0 saturated carbocycles. The molecule has 0 fully saturated rings. The molecule has 2 rings (SSSR count). The van der Waals surface area contributed by atoms with Gasteiger partial charge >= 0.3 is 0 Å². The van der Waals surface area contributed by atoms with Gasteiger partial charge in [-0.25, -0.2) is 9.97 Å². The first kappa shape index (κ1) is 13.5. The molecular weight excluding hydrogens is 341 g/mol. The van der Waals surface area contributed by atoms with Crippen LogP contribution in [-0.4, -0.2) is 14.5 Å². The van der Waals surface area contributed by atoms with Gasteiger partial charge in [-0.2, -0.15) is 0 Å². The molecule has 2 aromatic heterocycles. The first-order chi connectivity index (χ1) is 8.49. The Kier molecular flexibility index (Phi) is 4.04. The number of halogens is 3. The number of hydrogen-bond acceptors (Lipinski definition) is 3. The van der Waals surface area contributed by atoms with Gasteiger partial charge in [0.2, 0.25) is 0 Å². The number of hydrogen-bond donors (Lipinski definition) is 0. The standard InChI is InChI=1S/C11H8BrCl2N3O/c1-6-10(12)11(18)17(5-15-6)4-8-7(13)2-3-9(14)16-8/h2-3,5H,4H2,1H3. The third-order valence-corrected chi connectivity index (χ3v) is 3.83. The molecule has 0 atom stereocenters. The van der Waals surface area contributed by atoms with Crippen LogP contribution in [0.15, 0.2) is 27.7 Å². The molecule has 0 saturated heterocycles. The van der Waals surface area contributed by atoms with Crippen molar-refractivity contribution in [3.05, 3.63) is 54.9 Å². The highest BCUT2D eigenvalue weighted by Gasteiger charge is 2.09. The van der Waals surface area contributed by atoms with E-state index in [1.54, 1.807) is 19.1 Å². The summed E-state index contributed by atoms with van der Waals surface area (Å²) >= 11 is 15.0. The topological polar surface area (TPSA) is 47.8 Å². The highest BCUT2D eigenvalue weighted by atomic mass is 79.9. The lowest BCUT2D eigenvalue weighted by Gasteiger charge is -2.08. The van der Waals surface area contributed by atoms with Crippen LogP contribution in [0.5, 0.6) is 0 Å². The molecular formula is C11H8BrCl2N3O. The number of rotatable bonds is 2. The minimum Gasteiger partial charge on any atom is -0.292 e. The summed E-state index contributed by atoms with van der Waals surface area (Å²) in [6.07, 6.45) is 1.46. The average molecular weight is 349 g/mol. The summed E-state index contributed by atoms with van der Waals surface area (Å²) in [4.78, 5) is 20.2. The Hall–Kier alpha value is -0.910. The zero-order valence-corrected chi connectivity index (χ0v) is 12.4. The predicted octanol–water partition coefficient (Wildman–Crippen LogP) is 3.06. The minimum absolute atomic E-state index is 0.180. The molecule has 0 aliphatic rings. The maximum Gasteiger partial charge on any atom is 0.268 e. The Morgan fingerprint density at radius 2 is 2.11 bits per heavy atom. The lowest BCUT2D eigenvalue weighted by atomic mass is 10.3. The number of aryl methyl sites for hydroxylation is 1. The van der Waals surface area contributed by atoms with E-state index in [0.29, 0.717) is 26.0 Å². The predicted molar refractivity (Wildman–Crippen MR) is 74.3 cm³/mol. The lowest BCUT2D eigenvalue weighted by molar-refractivity contribution is 0.709. The van der Waals surface area contributed by atoms with Gasteiger partial charge in [0.05, 0.1) is 29.3 Å². The maximum atomic E-state index is 12.0. The van der Waals surface area contributed by atoms with Crippen LogP contribution < -0.4 is 5.56 Å². The van der Waals surface area contributed by atoms with Crippen LogP contribution in [0.25, 0.3) is 0 Å². The van der Waals surface area contributed by atoms with E-state index >= 15 is 0 Å². The summed E-state index contributed by atoms with van der Waals surface area (Å²) in [7, 11) is 0. The molecule has 0 aliphatic carbocycles. The Morgan fingerprint density at radius 1 is 1.39 bits per heavy atom. The van der Waals surface area contributed by atoms with Crippen molar-refractivity contribution >= 4 is 39.1 Å². The van der Waals surface area contributed by atoms with E-state index < -0.39 is 0 Å². The van der Waals surface area contributed by atoms with Crippen LogP contribution in [0.3, 0.4) is 0 Å². The highest BCUT2D eigenvalue weighted by Crippen LogP contribution is 2.17. The SMILES string of the molecule is Cc1ncn(Cc2nc(Cl)ccc2Cl)c(=O)c1Br. The summed E-state index contributed by atoms with van der Waals surface area (Å²) < 4.78 is 1.85. The molecule has 94 valence electrons. The Labute approximate surface area is 122 Å². The van der Waals surface area contributed by atoms with Crippen molar-refractivity contribution in [3.8, 4) is 0 Å². The van der Waals surface area contributed by atoms with Gasteiger partial charge in [-0.15, -0.1) is 0 Å². The summed E-state index contributed by atoms with van der Waals surface area (Å²) in [5, 5.41) is 0.796. The van der Waals surface area contributed by atoms with Gasteiger partial charge in [-0.3, -0.25) is 9.36 Å². The van der Waals surface area contributed by atoms with E-state index in [0.717, 1.165) is 0 Å². The second-order valence-corrected chi connectivity index (χ2v) is 5.23. The van der Waals surface area contributed by atoms with Crippen molar-refractivity contribution in [1.82, 2.24) is 14.5 Å². The van der Waals surface area contributed by atoms with E-state index in [-0.39, 0.29) is 12.1 Å². The van der Waals surface area contributed by atoms with Gasteiger partial charge in [-0.1, -0.05) is 23.2 Å². The third-order valence-electron chi connectivity index (χ3n) is 2.36. The van der Waals surface area contributed by atoms with E-state index in [4.69, 9.17) is 23.2 Å². The molecule has 2 aromatic rings. The highest BCUT2D eigenvalue weighted by molar-refractivity contribution is 9.10. The normalized spacial score (nSPS) is 10.7. The van der Waals surface area contributed by atoms with Crippen LogP contribution in [0.1, 0.15) is 11.4 Å². The van der Waals surface area contributed by atoms with Crippen LogP contribution in [0.2, 0.25) is 10.2 Å². The Morgan fingerprint density at radius 3 is 2.83 bits per heavy atom. The van der Waals surface area contributed by atoms with Crippen molar-refractivity contribution in [2.45, 2.75) is 13.5 Å². The number of nitrogens with zero attached hydrogens (tertiary/aromatic N) is 3. The van der Waals surface area contributed by atoms with Crippen LogP contribution in [0.4, 0.5) is 0 Å². The molecule has 0 amide bonds. The van der Waals surface area contributed by atoms with Gasteiger partial charge in [0.15, 0.2) is 0 Å². The van der Waals surface area contributed by atoms with Gasteiger partial charge in [0.25, 0.3) is 5.56 Å². The number of aromatic nitrogens is 3.